The van der Waals surface area contributed by atoms with Crippen molar-refractivity contribution in [3.63, 3.8) is 0 Å². The molecule has 7 aromatic rings. The SMILES string of the molecule is CC(C)(C)c1ccnc(-n2c3ccccc3c3ccc(Nc4cccc(-[n+]5c[nH]c6ccccc65)c4)cc32)c1.[Cl-]. The van der Waals surface area contributed by atoms with E-state index in [9.17, 15) is 0 Å². The highest BCUT2D eigenvalue weighted by Crippen LogP contribution is 2.34. The number of pyridine rings is 1. The van der Waals surface area contributed by atoms with E-state index in [0.29, 0.717) is 0 Å². The van der Waals surface area contributed by atoms with Crippen molar-refractivity contribution in [3.05, 3.63) is 121 Å². The van der Waals surface area contributed by atoms with E-state index in [4.69, 9.17) is 4.98 Å². The zero-order valence-electron chi connectivity index (χ0n) is 22.7. The lowest BCUT2D eigenvalue weighted by Gasteiger charge is -2.20. The third-order valence-electron chi connectivity index (χ3n) is 7.44. The molecule has 0 amide bonds. The Bertz CT molecular complexity index is 1990. The summed E-state index contributed by atoms with van der Waals surface area (Å²) in [6.45, 7) is 6.72. The Balaban J connectivity index is 0.00000289. The number of hydrogen-bond acceptors (Lipinski definition) is 2. The van der Waals surface area contributed by atoms with Crippen LogP contribution in [0.5, 0.6) is 0 Å². The molecule has 0 atom stereocenters. The smallest absolute Gasteiger partial charge is 0.247 e. The van der Waals surface area contributed by atoms with Gasteiger partial charge in [-0.05, 0) is 65.6 Å². The van der Waals surface area contributed by atoms with Crippen LogP contribution in [0.4, 0.5) is 11.4 Å². The van der Waals surface area contributed by atoms with Crippen molar-refractivity contribution in [2.24, 2.45) is 0 Å². The zero-order valence-corrected chi connectivity index (χ0v) is 23.4. The van der Waals surface area contributed by atoms with Crippen LogP contribution in [-0.4, -0.2) is 14.5 Å². The van der Waals surface area contributed by atoms with Gasteiger partial charge in [-0.2, -0.15) is 4.57 Å². The van der Waals surface area contributed by atoms with E-state index in [1.54, 1.807) is 0 Å². The molecule has 4 aromatic carbocycles. The number of nitrogens with one attached hydrogen (secondary N) is 2. The summed E-state index contributed by atoms with van der Waals surface area (Å²) in [6, 6.07) is 36.3. The van der Waals surface area contributed by atoms with Crippen LogP contribution in [0.1, 0.15) is 26.3 Å². The van der Waals surface area contributed by atoms with Crippen LogP contribution in [0.15, 0.2) is 116 Å². The molecule has 5 nitrogen and oxygen atoms in total. The van der Waals surface area contributed by atoms with Gasteiger partial charge in [0, 0.05) is 34.4 Å². The van der Waals surface area contributed by atoms with Crippen molar-refractivity contribution in [1.82, 2.24) is 14.5 Å². The molecule has 0 aliphatic rings. The number of fused-ring (bicyclic) bond motifs is 4. The Morgan fingerprint density at radius 3 is 2.40 bits per heavy atom. The molecule has 2 N–H and O–H groups in total. The molecular formula is C34H30ClN5. The van der Waals surface area contributed by atoms with Crippen LogP contribution in [0.25, 0.3) is 44.3 Å². The van der Waals surface area contributed by atoms with Gasteiger partial charge in [-0.1, -0.05) is 63.2 Å². The Hall–Kier alpha value is -4.61. The molecule has 0 saturated heterocycles. The van der Waals surface area contributed by atoms with Crippen molar-refractivity contribution >= 4 is 44.2 Å². The second-order valence-electron chi connectivity index (χ2n) is 11.1. The zero-order chi connectivity index (χ0) is 26.6. The summed E-state index contributed by atoms with van der Waals surface area (Å²) in [5.74, 6) is 0.934. The van der Waals surface area contributed by atoms with Crippen LogP contribution in [0.2, 0.25) is 0 Å². The predicted molar refractivity (Wildman–Crippen MR) is 160 cm³/mol. The summed E-state index contributed by atoms with van der Waals surface area (Å²) >= 11 is 0. The summed E-state index contributed by atoms with van der Waals surface area (Å²) in [4.78, 5) is 8.17. The molecule has 0 unspecified atom stereocenters. The van der Waals surface area contributed by atoms with E-state index in [1.807, 2.05) is 18.6 Å². The summed E-state index contributed by atoms with van der Waals surface area (Å²) in [5, 5.41) is 6.08. The topological polar surface area (TPSA) is 49.5 Å². The first-order valence-electron chi connectivity index (χ1n) is 13.3. The van der Waals surface area contributed by atoms with Gasteiger partial charge in [-0.25, -0.2) is 9.97 Å². The molecule has 0 fully saturated rings. The maximum atomic E-state index is 4.81. The van der Waals surface area contributed by atoms with Crippen LogP contribution >= 0.6 is 0 Å². The fourth-order valence-electron chi connectivity index (χ4n) is 5.43. The summed E-state index contributed by atoms with van der Waals surface area (Å²) in [7, 11) is 0. The molecule has 3 heterocycles. The lowest BCUT2D eigenvalue weighted by atomic mass is 9.88. The number of benzene rings is 4. The van der Waals surface area contributed by atoms with Gasteiger partial charge in [-0.3, -0.25) is 4.57 Å². The summed E-state index contributed by atoms with van der Waals surface area (Å²) in [5.41, 5.74) is 8.98. The van der Waals surface area contributed by atoms with Gasteiger partial charge in [0.05, 0.1) is 11.0 Å². The Kier molecular flexibility index (Phi) is 6.32. The minimum Gasteiger partial charge on any atom is -1.00 e. The first-order valence-corrected chi connectivity index (χ1v) is 13.3. The molecule has 7 rings (SSSR count). The van der Waals surface area contributed by atoms with E-state index < -0.39 is 0 Å². The number of halogens is 1. The van der Waals surface area contributed by atoms with Gasteiger partial charge in [0.1, 0.15) is 11.5 Å². The standard InChI is InChI=1S/C34H29N5.ClH/c1-34(2,3)23-17-18-35-33(19-23)39-30-13-6-4-11-27(30)28-16-15-25(21-32(28)39)37-24-9-8-10-26(20-24)38-22-36-29-12-5-7-14-31(29)38;/h4-22,37H,1-3H3;1H. The molecule has 0 spiro atoms. The molecule has 6 heteroatoms. The Labute approximate surface area is 239 Å². The van der Waals surface area contributed by atoms with Crippen molar-refractivity contribution in [3.8, 4) is 11.5 Å². The van der Waals surface area contributed by atoms with E-state index in [2.05, 4.69) is 137 Å². The fourth-order valence-corrected chi connectivity index (χ4v) is 5.43. The van der Waals surface area contributed by atoms with Crippen LogP contribution < -0.4 is 22.3 Å². The Morgan fingerprint density at radius 1 is 0.750 bits per heavy atom. The molecular weight excluding hydrogens is 514 g/mol. The first-order chi connectivity index (χ1) is 19.0. The number of H-pyrrole nitrogens is 1. The summed E-state index contributed by atoms with van der Waals surface area (Å²) < 4.78 is 4.46. The number of nitrogens with zero attached hydrogens (tertiary/aromatic N) is 3. The van der Waals surface area contributed by atoms with Crippen molar-refractivity contribution in [2.45, 2.75) is 26.2 Å². The minimum absolute atomic E-state index is 0. The number of anilines is 2. The van der Waals surface area contributed by atoms with Gasteiger partial charge in [0.2, 0.25) is 6.33 Å². The molecule has 0 saturated carbocycles. The number of aromatic amines is 1. The van der Waals surface area contributed by atoms with Crippen LogP contribution in [0, 0.1) is 0 Å². The van der Waals surface area contributed by atoms with Gasteiger partial charge < -0.3 is 17.7 Å². The number of para-hydroxylation sites is 3. The second kappa shape index (κ2) is 9.85. The molecule has 0 aliphatic carbocycles. The lowest BCUT2D eigenvalue weighted by molar-refractivity contribution is -0.566. The van der Waals surface area contributed by atoms with Gasteiger partial charge in [0.15, 0.2) is 11.0 Å². The van der Waals surface area contributed by atoms with E-state index in [-0.39, 0.29) is 17.8 Å². The molecule has 40 heavy (non-hydrogen) atoms. The van der Waals surface area contributed by atoms with Crippen molar-refractivity contribution in [1.29, 1.82) is 0 Å². The second-order valence-corrected chi connectivity index (χ2v) is 11.1. The van der Waals surface area contributed by atoms with Crippen molar-refractivity contribution in [2.75, 3.05) is 5.32 Å². The largest absolute Gasteiger partial charge is 1.00 e. The Morgan fingerprint density at radius 2 is 1.52 bits per heavy atom. The first kappa shape index (κ1) is 25.7. The highest BCUT2D eigenvalue weighted by atomic mass is 35.5. The highest BCUT2D eigenvalue weighted by Gasteiger charge is 2.18. The average Bonchev–Trinajstić information content (AvgIpc) is 3.52. The van der Waals surface area contributed by atoms with Gasteiger partial charge in [0.25, 0.3) is 0 Å². The third kappa shape index (κ3) is 4.38. The van der Waals surface area contributed by atoms with Gasteiger partial charge >= 0.3 is 0 Å². The average molecular weight is 544 g/mol. The number of hydrogen-bond donors (Lipinski definition) is 2. The maximum Gasteiger partial charge on any atom is 0.247 e. The van der Waals surface area contributed by atoms with Crippen LogP contribution in [-0.2, 0) is 5.41 Å². The third-order valence-corrected chi connectivity index (χ3v) is 7.44. The molecule has 3 aromatic heterocycles. The fraction of sp³-hybridized carbons (Fsp3) is 0.118. The molecule has 0 aliphatic heterocycles. The number of imidazole rings is 1. The van der Waals surface area contributed by atoms with Crippen LogP contribution in [0.3, 0.4) is 0 Å². The normalized spacial score (nSPS) is 11.7. The predicted octanol–water partition coefficient (Wildman–Crippen LogP) is 4.98. The maximum absolute atomic E-state index is 4.81. The van der Waals surface area contributed by atoms with Crippen molar-refractivity contribution < 1.29 is 17.0 Å². The van der Waals surface area contributed by atoms with E-state index in [1.165, 1.54) is 16.3 Å². The molecule has 0 radical (unpaired) electrons. The molecule has 198 valence electrons. The lowest BCUT2D eigenvalue weighted by Crippen LogP contribution is -3.00. The van der Waals surface area contributed by atoms with E-state index in [0.717, 1.165) is 44.9 Å². The quantitative estimate of drug-likeness (QED) is 0.308. The minimum atomic E-state index is 0. The van der Waals surface area contributed by atoms with Gasteiger partial charge in [-0.15, -0.1) is 0 Å². The number of aromatic nitrogens is 4. The van der Waals surface area contributed by atoms with E-state index >= 15 is 0 Å². The molecule has 0 bridgehead atoms. The highest BCUT2D eigenvalue weighted by molar-refractivity contribution is 6.10. The monoisotopic (exact) mass is 543 g/mol. The number of rotatable bonds is 4. The summed E-state index contributed by atoms with van der Waals surface area (Å²) in [6.07, 6.45) is 3.93.